The molecule has 0 aromatic heterocycles. The average molecular weight is 1460 g/mol. The number of carbonyl (C=O) groups excluding carboxylic acids is 3. The van der Waals surface area contributed by atoms with Crippen LogP contribution < -0.4 is 0 Å². The lowest BCUT2D eigenvalue weighted by Gasteiger charge is -2.21. The Morgan fingerprint density at radius 3 is 0.851 bits per heavy atom. The third-order valence-electron chi connectivity index (χ3n) is 17.3. The molecule has 18 heteroatoms. The third-order valence-corrected chi connectivity index (χ3v) is 19.2. The average Bonchev–Trinajstić information content (AvgIpc) is 0.957. The molecule has 0 spiro atoms. The Hall–Kier alpha value is -3.53. The third kappa shape index (κ3) is 77.4. The number of phosphoric acid groups is 2. The van der Waals surface area contributed by atoms with Crippen molar-refractivity contribution in [1.29, 1.82) is 0 Å². The molecule has 0 heterocycles. The van der Waals surface area contributed by atoms with Crippen LogP contribution in [-0.2, 0) is 55.8 Å². The van der Waals surface area contributed by atoms with Gasteiger partial charge in [-0.15, -0.1) is 0 Å². The van der Waals surface area contributed by atoms with E-state index in [0.29, 0.717) is 19.3 Å². The van der Waals surface area contributed by atoms with E-state index < -0.39 is 91.5 Å². The first-order valence-corrected chi connectivity index (χ1v) is 43.5. The normalized spacial score (nSPS) is 14.5. The molecule has 5 atom stereocenters. The summed E-state index contributed by atoms with van der Waals surface area (Å²) in [5, 5.41) is 20.6. The van der Waals surface area contributed by atoms with Gasteiger partial charge >= 0.3 is 33.6 Å². The van der Waals surface area contributed by atoms with Crippen molar-refractivity contribution < 1.29 is 75.8 Å². The second-order valence-corrected chi connectivity index (χ2v) is 30.1. The topological polar surface area (TPSA) is 231 Å². The minimum absolute atomic E-state index is 0.104. The van der Waals surface area contributed by atoms with Crippen LogP contribution in [0, 0.1) is 0 Å². The van der Waals surface area contributed by atoms with E-state index in [1.54, 1.807) is 0 Å². The molecule has 0 saturated heterocycles. The number of phosphoric ester groups is 2. The molecule has 0 bridgehead atoms. The maximum atomic E-state index is 12.9. The Kier molecular flexibility index (Phi) is 73.5. The number of hydrogen-bond donors (Lipinski definition) is 4. The summed E-state index contributed by atoms with van der Waals surface area (Å²) in [7, 11) is -9.78. The van der Waals surface area contributed by atoms with Gasteiger partial charge in [0.2, 0.25) is 0 Å². The zero-order valence-electron chi connectivity index (χ0n) is 64.1. The molecule has 0 aliphatic carbocycles. The number of hydrogen-bond acceptors (Lipinski definition) is 14. The molecule has 0 aromatic carbocycles. The van der Waals surface area contributed by atoms with Crippen molar-refractivity contribution in [2.45, 2.75) is 373 Å². The molecule has 0 aliphatic heterocycles. The van der Waals surface area contributed by atoms with Gasteiger partial charge in [-0.25, -0.2) is 9.13 Å². The van der Waals surface area contributed by atoms with E-state index >= 15 is 0 Å². The molecule has 0 amide bonds. The number of esters is 3. The van der Waals surface area contributed by atoms with Crippen molar-refractivity contribution in [2.75, 3.05) is 39.6 Å². The maximum Gasteiger partial charge on any atom is 0.472 e. The van der Waals surface area contributed by atoms with E-state index in [2.05, 4.69) is 118 Å². The predicted molar refractivity (Wildman–Crippen MR) is 417 cm³/mol. The molecule has 4 N–H and O–H groups in total. The van der Waals surface area contributed by atoms with Crippen molar-refractivity contribution >= 4 is 33.6 Å². The molecule has 586 valence electrons. The zero-order chi connectivity index (χ0) is 73.7. The van der Waals surface area contributed by atoms with Gasteiger partial charge in [-0.1, -0.05) is 330 Å². The Labute approximate surface area is 616 Å². The summed E-state index contributed by atoms with van der Waals surface area (Å²) in [6, 6.07) is 0. The molecule has 0 radical (unpaired) electrons. The smallest absolute Gasteiger partial charge is 0.463 e. The highest BCUT2D eigenvalue weighted by Gasteiger charge is 2.29. The van der Waals surface area contributed by atoms with Crippen LogP contribution in [0.5, 0.6) is 0 Å². The molecular formula is C83H148O16P2. The first-order chi connectivity index (χ1) is 49.2. The maximum absolute atomic E-state index is 12.9. The number of ether oxygens (including phenoxy) is 3. The van der Waals surface area contributed by atoms with Crippen molar-refractivity contribution in [1.82, 2.24) is 0 Å². The molecule has 0 rings (SSSR count). The molecule has 0 aromatic rings. The number of allylic oxidation sites excluding steroid dienone is 16. The predicted octanol–water partition coefficient (Wildman–Crippen LogP) is 23.8. The number of aliphatic hydroxyl groups excluding tert-OH is 2. The van der Waals surface area contributed by atoms with Crippen LogP contribution in [0.2, 0.25) is 0 Å². The quantitative estimate of drug-likeness (QED) is 0.0146. The van der Waals surface area contributed by atoms with E-state index in [4.69, 9.17) is 32.3 Å². The number of rotatable bonds is 77. The van der Waals surface area contributed by atoms with Gasteiger partial charge in [-0.05, 0) is 103 Å². The fourth-order valence-electron chi connectivity index (χ4n) is 11.1. The van der Waals surface area contributed by atoms with Crippen LogP contribution >= 0.6 is 15.6 Å². The standard InChI is InChI=1S/C83H148O16P2/c1-4-7-10-13-16-19-22-24-26-28-30-31-32-33-34-35-36-37-38-39-40-41-42-43-44-45-47-49-50-52-55-57-60-63-66-69-81(86)93-72-78(84)73-95-100(89,90)96-74-79(85)75-97-101(91,92)98-77-80(99-83(88)71-68-65-62-59-54-21-18-15-12-9-6-3)76-94-82(87)70-67-64-61-58-56-53-51-48-46-29-27-25-23-20-17-14-11-8-5-2/h8,11,16-17,19-20,24-27,30-31,33-34,46,48,78-80,84-85H,4-7,9-10,12-15,18,21-23,28-29,32,35-45,47,49-77H2,1-3H3,(H,89,90)(H,91,92)/b11-8-,19-16-,20-17-,26-24-,27-25-,31-30-,34-33-,48-46-. The van der Waals surface area contributed by atoms with Crippen LogP contribution in [0.3, 0.4) is 0 Å². The van der Waals surface area contributed by atoms with Gasteiger partial charge in [-0.2, -0.15) is 0 Å². The van der Waals surface area contributed by atoms with Crippen LogP contribution in [0.4, 0.5) is 0 Å². The largest absolute Gasteiger partial charge is 0.472 e. The minimum atomic E-state index is -4.92. The molecule has 101 heavy (non-hydrogen) atoms. The molecule has 16 nitrogen and oxygen atoms in total. The van der Waals surface area contributed by atoms with Gasteiger partial charge in [0.15, 0.2) is 6.10 Å². The Bertz CT molecular complexity index is 2220. The van der Waals surface area contributed by atoms with E-state index in [9.17, 15) is 43.5 Å². The van der Waals surface area contributed by atoms with Crippen LogP contribution in [0.15, 0.2) is 97.2 Å². The SMILES string of the molecule is CC/C=C\C/C=C\C/C=C\C/C=C\CCCCCCCCC(=O)OCC(COP(=O)(O)OCC(O)COP(=O)(O)OCC(O)COC(=O)CCCCCCCCCCCCCCCCCCCCC/C=C\C/C=C\C/C=C\C/C=C\CCCCC)OC(=O)CCCCCCCCCCCCC. The number of carbonyl (C=O) groups is 3. The number of unbranched alkanes of at least 4 members (excludes halogenated alkanes) is 38. The van der Waals surface area contributed by atoms with Gasteiger partial charge in [0.25, 0.3) is 0 Å². The second kappa shape index (κ2) is 76.1. The van der Waals surface area contributed by atoms with Gasteiger partial charge < -0.3 is 34.2 Å². The van der Waals surface area contributed by atoms with Crippen molar-refractivity contribution in [3.63, 3.8) is 0 Å². The molecule has 5 unspecified atom stereocenters. The summed E-state index contributed by atoms with van der Waals surface area (Å²) >= 11 is 0. The van der Waals surface area contributed by atoms with Crippen LogP contribution in [-0.4, -0.2) is 95.9 Å². The lowest BCUT2D eigenvalue weighted by atomic mass is 10.0. The molecular weight excluding hydrogens is 1310 g/mol. The van der Waals surface area contributed by atoms with Gasteiger partial charge in [0.05, 0.1) is 26.4 Å². The summed E-state index contributed by atoms with van der Waals surface area (Å²) in [4.78, 5) is 58.5. The van der Waals surface area contributed by atoms with E-state index in [1.807, 2.05) is 0 Å². The van der Waals surface area contributed by atoms with Crippen LogP contribution in [0.25, 0.3) is 0 Å². The lowest BCUT2D eigenvalue weighted by molar-refractivity contribution is -0.161. The second-order valence-electron chi connectivity index (χ2n) is 27.2. The van der Waals surface area contributed by atoms with E-state index in [-0.39, 0.29) is 19.3 Å². The Balaban J connectivity index is 4.31. The van der Waals surface area contributed by atoms with E-state index in [0.717, 1.165) is 128 Å². The highest BCUT2D eigenvalue weighted by atomic mass is 31.2. The van der Waals surface area contributed by atoms with Crippen molar-refractivity contribution in [2.24, 2.45) is 0 Å². The van der Waals surface area contributed by atoms with Gasteiger partial charge in [0.1, 0.15) is 25.4 Å². The fraction of sp³-hybridized carbons (Fsp3) is 0.771. The fourth-order valence-corrected chi connectivity index (χ4v) is 12.7. The summed E-state index contributed by atoms with van der Waals surface area (Å²) < 4.78 is 61.0. The van der Waals surface area contributed by atoms with Crippen LogP contribution in [0.1, 0.15) is 355 Å². The van der Waals surface area contributed by atoms with E-state index in [1.165, 1.54) is 167 Å². The highest BCUT2D eigenvalue weighted by molar-refractivity contribution is 7.47. The summed E-state index contributed by atoms with van der Waals surface area (Å²) in [6.45, 7) is 2.55. The molecule has 0 aliphatic rings. The summed E-state index contributed by atoms with van der Waals surface area (Å²) in [6.07, 6.45) is 87.7. The summed E-state index contributed by atoms with van der Waals surface area (Å²) in [5.41, 5.74) is 0. The minimum Gasteiger partial charge on any atom is -0.463 e. The van der Waals surface area contributed by atoms with Crippen molar-refractivity contribution in [3.05, 3.63) is 97.2 Å². The molecule has 0 fully saturated rings. The number of aliphatic hydroxyl groups is 2. The summed E-state index contributed by atoms with van der Waals surface area (Å²) in [5.74, 6) is -1.58. The first kappa shape index (κ1) is 97.5. The van der Waals surface area contributed by atoms with Gasteiger partial charge in [0, 0.05) is 19.3 Å². The lowest BCUT2D eigenvalue weighted by Crippen LogP contribution is -2.30. The van der Waals surface area contributed by atoms with Gasteiger partial charge in [-0.3, -0.25) is 32.5 Å². The monoisotopic (exact) mass is 1460 g/mol. The Morgan fingerprint density at radius 2 is 0.525 bits per heavy atom. The zero-order valence-corrected chi connectivity index (χ0v) is 65.9. The highest BCUT2D eigenvalue weighted by Crippen LogP contribution is 2.45. The Morgan fingerprint density at radius 1 is 0.287 bits per heavy atom. The van der Waals surface area contributed by atoms with Crippen molar-refractivity contribution in [3.8, 4) is 0 Å². The molecule has 0 saturated carbocycles. The first-order valence-electron chi connectivity index (χ1n) is 40.5.